The quantitative estimate of drug-likeness (QED) is 0.856. The van der Waals surface area contributed by atoms with Gasteiger partial charge in [0.2, 0.25) is 0 Å². The van der Waals surface area contributed by atoms with Crippen LogP contribution in [0.5, 0.6) is 5.75 Å². The van der Waals surface area contributed by atoms with Gasteiger partial charge in [0.25, 0.3) is 5.91 Å². The molecule has 0 aliphatic carbocycles. The molecule has 0 saturated carbocycles. The molecule has 0 bridgehead atoms. The highest BCUT2D eigenvalue weighted by Gasteiger charge is 2.11. The molecule has 0 fully saturated rings. The molecule has 1 aromatic carbocycles. The predicted octanol–water partition coefficient (Wildman–Crippen LogP) is 2.67. The van der Waals surface area contributed by atoms with Gasteiger partial charge in [-0.15, -0.1) is 12.4 Å². The average Bonchev–Trinajstić information content (AvgIpc) is 2.96. The molecular weight excluding hydrogens is 304 g/mol. The maximum Gasteiger partial charge on any atom is 0.254 e. The van der Waals surface area contributed by atoms with Crippen LogP contribution in [0.1, 0.15) is 28.6 Å². The highest BCUT2D eigenvalue weighted by atomic mass is 35.5. The van der Waals surface area contributed by atoms with Crippen molar-refractivity contribution in [3.05, 3.63) is 53.5 Å². The molecule has 0 saturated heterocycles. The smallest absolute Gasteiger partial charge is 0.254 e. The first-order valence-electron chi connectivity index (χ1n) is 6.87. The molecule has 0 radical (unpaired) electrons. The van der Waals surface area contributed by atoms with E-state index in [0.29, 0.717) is 17.9 Å². The van der Waals surface area contributed by atoms with Crippen molar-refractivity contribution in [3.63, 3.8) is 0 Å². The van der Waals surface area contributed by atoms with Crippen LogP contribution in [0, 0.1) is 6.92 Å². The Morgan fingerprint density at radius 1 is 1.36 bits per heavy atom. The third-order valence-corrected chi connectivity index (χ3v) is 3.03. The molecule has 6 heteroatoms. The number of rotatable bonds is 6. The Morgan fingerprint density at radius 3 is 2.64 bits per heavy atom. The zero-order valence-corrected chi connectivity index (χ0v) is 13.5. The topological polar surface area (TPSA) is 77.5 Å². The monoisotopic (exact) mass is 324 g/mol. The molecular formula is C16H21ClN2O3. The summed E-state index contributed by atoms with van der Waals surface area (Å²) in [5.41, 5.74) is 7.09. The van der Waals surface area contributed by atoms with Crippen LogP contribution >= 0.6 is 12.4 Å². The maximum absolute atomic E-state index is 11.9. The van der Waals surface area contributed by atoms with Gasteiger partial charge in [0, 0.05) is 0 Å². The molecule has 1 atom stereocenters. The van der Waals surface area contributed by atoms with Crippen molar-refractivity contribution in [2.24, 2.45) is 5.73 Å². The van der Waals surface area contributed by atoms with Crippen molar-refractivity contribution < 1.29 is 13.9 Å². The summed E-state index contributed by atoms with van der Waals surface area (Å²) >= 11 is 0. The van der Waals surface area contributed by atoms with Crippen LogP contribution in [-0.4, -0.2) is 18.6 Å². The van der Waals surface area contributed by atoms with Crippen molar-refractivity contribution in [1.82, 2.24) is 5.32 Å². The second-order valence-electron chi connectivity index (χ2n) is 4.96. The molecule has 3 N–H and O–H groups in total. The average molecular weight is 325 g/mol. The van der Waals surface area contributed by atoms with Gasteiger partial charge in [-0.05, 0) is 32.0 Å². The zero-order valence-electron chi connectivity index (χ0n) is 12.7. The van der Waals surface area contributed by atoms with Crippen LogP contribution in [0.15, 0.2) is 41.0 Å². The third-order valence-electron chi connectivity index (χ3n) is 3.03. The van der Waals surface area contributed by atoms with E-state index in [-0.39, 0.29) is 31.0 Å². The number of carbonyl (C=O) groups excluding carboxylic acids is 1. The van der Waals surface area contributed by atoms with Crippen LogP contribution < -0.4 is 15.8 Å². The van der Waals surface area contributed by atoms with Gasteiger partial charge in [-0.1, -0.05) is 17.7 Å². The fourth-order valence-electron chi connectivity index (χ4n) is 1.84. The second kappa shape index (κ2) is 8.46. The molecule has 120 valence electrons. The van der Waals surface area contributed by atoms with Gasteiger partial charge in [-0.3, -0.25) is 4.79 Å². The fourth-order valence-corrected chi connectivity index (χ4v) is 1.84. The van der Waals surface area contributed by atoms with E-state index in [9.17, 15) is 4.79 Å². The maximum atomic E-state index is 11.9. The number of aryl methyl sites for hydroxylation is 1. The van der Waals surface area contributed by atoms with Crippen LogP contribution in [-0.2, 0) is 6.54 Å². The highest BCUT2D eigenvalue weighted by molar-refractivity contribution is 5.93. The van der Waals surface area contributed by atoms with Gasteiger partial charge >= 0.3 is 0 Å². The molecule has 5 nitrogen and oxygen atoms in total. The summed E-state index contributed by atoms with van der Waals surface area (Å²) in [6.45, 7) is 4.62. The molecule has 1 aromatic heterocycles. The van der Waals surface area contributed by atoms with Crippen LogP contribution in [0.3, 0.4) is 0 Å². The number of furan rings is 1. The number of nitrogens with one attached hydrogen (secondary N) is 1. The number of ether oxygens (including phenoxy) is 1. The van der Waals surface area contributed by atoms with E-state index < -0.39 is 0 Å². The molecule has 0 spiro atoms. The lowest BCUT2D eigenvalue weighted by molar-refractivity contribution is 0.0931. The zero-order chi connectivity index (χ0) is 15.2. The minimum absolute atomic E-state index is 0. The van der Waals surface area contributed by atoms with Crippen LogP contribution in [0.25, 0.3) is 0 Å². The first kappa shape index (κ1) is 18.1. The summed E-state index contributed by atoms with van der Waals surface area (Å²) in [5.74, 6) is 1.18. The highest BCUT2D eigenvalue weighted by Crippen LogP contribution is 2.13. The predicted molar refractivity (Wildman–Crippen MR) is 87.4 cm³/mol. The van der Waals surface area contributed by atoms with E-state index in [4.69, 9.17) is 14.9 Å². The van der Waals surface area contributed by atoms with E-state index in [1.54, 1.807) is 6.07 Å². The lowest BCUT2D eigenvalue weighted by Crippen LogP contribution is -2.33. The van der Waals surface area contributed by atoms with E-state index in [1.807, 2.05) is 38.1 Å². The third kappa shape index (κ3) is 5.09. The molecule has 0 aliphatic heterocycles. The minimum Gasteiger partial charge on any atom is -0.489 e. The second-order valence-corrected chi connectivity index (χ2v) is 4.96. The lowest BCUT2D eigenvalue weighted by atomic mass is 10.2. The number of halogens is 1. The molecule has 0 aliphatic rings. The summed E-state index contributed by atoms with van der Waals surface area (Å²) in [5, 5.41) is 2.80. The van der Waals surface area contributed by atoms with Crippen molar-refractivity contribution >= 4 is 18.3 Å². The van der Waals surface area contributed by atoms with Crippen molar-refractivity contribution in [1.29, 1.82) is 0 Å². The first-order chi connectivity index (χ1) is 10.1. The number of amides is 1. The van der Waals surface area contributed by atoms with Crippen molar-refractivity contribution in [3.8, 4) is 5.75 Å². The van der Waals surface area contributed by atoms with E-state index in [0.717, 1.165) is 5.75 Å². The van der Waals surface area contributed by atoms with Gasteiger partial charge in [-0.25, -0.2) is 0 Å². The molecule has 22 heavy (non-hydrogen) atoms. The number of carbonyl (C=O) groups is 1. The summed E-state index contributed by atoms with van der Waals surface area (Å²) in [4.78, 5) is 11.9. The Balaban J connectivity index is 0.00000242. The van der Waals surface area contributed by atoms with Crippen molar-refractivity contribution in [2.75, 3.05) is 6.54 Å². The normalized spacial score (nSPS) is 11.4. The lowest BCUT2D eigenvalue weighted by Gasteiger charge is -2.15. The molecule has 2 rings (SSSR count). The van der Waals surface area contributed by atoms with Gasteiger partial charge in [0.1, 0.15) is 23.9 Å². The Kier molecular flexibility index (Phi) is 6.95. The Morgan fingerprint density at radius 2 is 2.05 bits per heavy atom. The summed E-state index contributed by atoms with van der Waals surface area (Å²) in [7, 11) is 0. The summed E-state index contributed by atoms with van der Waals surface area (Å²) in [6, 6.07) is 9.44. The Hall–Kier alpha value is -1.98. The number of hydrogen-bond acceptors (Lipinski definition) is 4. The summed E-state index contributed by atoms with van der Waals surface area (Å²) in [6.07, 6.45) is 1.28. The Labute approximate surface area is 136 Å². The molecule has 1 amide bonds. The van der Waals surface area contributed by atoms with Crippen LogP contribution in [0.2, 0.25) is 0 Å². The Bertz CT molecular complexity index is 596. The van der Waals surface area contributed by atoms with Gasteiger partial charge in [0.15, 0.2) is 0 Å². The molecule has 1 unspecified atom stereocenters. The van der Waals surface area contributed by atoms with Gasteiger partial charge in [0.05, 0.1) is 18.7 Å². The van der Waals surface area contributed by atoms with Crippen molar-refractivity contribution in [2.45, 2.75) is 26.5 Å². The standard InChI is InChI=1S/C16H20N2O3.ClH/c1-11-3-5-14(6-4-11)21-12(2)9-18-16(19)13-7-15(8-17)20-10-13;/h3-7,10,12H,8-9,17H2,1-2H3,(H,18,19);1H. The molecule has 2 aromatic rings. The van der Waals surface area contributed by atoms with E-state index in [1.165, 1.54) is 11.8 Å². The van der Waals surface area contributed by atoms with Gasteiger partial charge < -0.3 is 20.2 Å². The number of hydrogen-bond donors (Lipinski definition) is 2. The van der Waals surface area contributed by atoms with E-state index in [2.05, 4.69) is 5.32 Å². The van der Waals surface area contributed by atoms with Gasteiger partial charge in [-0.2, -0.15) is 0 Å². The first-order valence-corrected chi connectivity index (χ1v) is 6.87. The van der Waals surface area contributed by atoms with E-state index >= 15 is 0 Å². The summed E-state index contributed by atoms with van der Waals surface area (Å²) < 4.78 is 10.9. The molecule has 1 heterocycles. The number of benzene rings is 1. The largest absolute Gasteiger partial charge is 0.489 e. The number of nitrogens with two attached hydrogens (primary N) is 1. The SMILES string of the molecule is Cc1ccc(OC(C)CNC(=O)c2coc(CN)c2)cc1.Cl. The minimum atomic E-state index is -0.196. The fraction of sp³-hybridized carbons (Fsp3) is 0.312. The van der Waals surface area contributed by atoms with Crippen LogP contribution in [0.4, 0.5) is 0 Å².